The van der Waals surface area contributed by atoms with E-state index >= 15 is 0 Å². The first-order valence-electron chi connectivity index (χ1n) is 6.55. The highest BCUT2D eigenvalue weighted by molar-refractivity contribution is 7.11. The third-order valence-electron chi connectivity index (χ3n) is 3.35. The van der Waals surface area contributed by atoms with Crippen LogP contribution in [0.4, 0.5) is 0 Å². The number of fused-ring (bicyclic) bond motifs is 1. The summed E-state index contributed by atoms with van der Waals surface area (Å²) in [6.07, 6.45) is 4.79. The Bertz CT molecular complexity index is 360. The Kier molecular flexibility index (Phi) is 4.54. The highest BCUT2D eigenvalue weighted by Gasteiger charge is 2.25. The highest BCUT2D eigenvalue weighted by Crippen LogP contribution is 2.37. The molecule has 1 aromatic heterocycles. The van der Waals surface area contributed by atoms with Crippen molar-refractivity contribution >= 4 is 11.3 Å². The maximum atomic E-state index is 5.49. The van der Waals surface area contributed by atoms with Crippen LogP contribution < -0.4 is 5.32 Å². The van der Waals surface area contributed by atoms with Crippen molar-refractivity contribution in [3.63, 3.8) is 0 Å². The van der Waals surface area contributed by atoms with Crippen molar-refractivity contribution in [1.29, 1.82) is 0 Å². The average Bonchev–Trinajstić information content (AvgIpc) is 2.76. The molecule has 1 aromatic rings. The molecule has 1 aliphatic carbocycles. The summed E-state index contributed by atoms with van der Waals surface area (Å²) >= 11 is 1.84. The molecule has 0 radical (unpaired) electrons. The van der Waals surface area contributed by atoms with Crippen molar-refractivity contribution < 1.29 is 4.74 Å². The summed E-state index contributed by atoms with van der Waals surface area (Å²) in [5.41, 5.74) is 1.30. The van der Waals surface area contributed by atoms with Gasteiger partial charge >= 0.3 is 0 Å². The standard InChI is InChI=1S/C13H22N2OS/c1-4-11(16-3)13-15-10-8-6-7-9(14-5-2)12(10)17-13/h9,11,14H,4-8H2,1-3H3. The third kappa shape index (κ3) is 2.69. The number of rotatable bonds is 5. The molecule has 1 aliphatic rings. The maximum absolute atomic E-state index is 5.49. The van der Waals surface area contributed by atoms with E-state index in [1.807, 2.05) is 11.3 Å². The van der Waals surface area contributed by atoms with Gasteiger partial charge in [-0.2, -0.15) is 0 Å². The van der Waals surface area contributed by atoms with Crippen molar-refractivity contribution in [1.82, 2.24) is 10.3 Å². The predicted octanol–water partition coefficient (Wildman–Crippen LogP) is 3.23. The van der Waals surface area contributed by atoms with Gasteiger partial charge in [0.25, 0.3) is 0 Å². The Hall–Kier alpha value is -0.450. The second-order valence-corrected chi connectivity index (χ2v) is 5.56. The summed E-state index contributed by atoms with van der Waals surface area (Å²) < 4.78 is 5.49. The van der Waals surface area contributed by atoms with Crippen LogP contribution in [0.1, 0.15) is 60.8 Å². The molecule has 4 heteroatoms. The molecule has 0 saturated carbocycles. The summed E-state index contributed by atoms with van der Waals surface area (Å²) in [7, 11) is 1.77. The Morgan fingerprint density at radius 3 is 3.00 bits per heavy atom. The van der Waals surface area contributed by atoms with Crippen molar-refractivity contribution in [3.8, 4) is 0 Å². The average molecular weight is 254 g/mol. The van der Waals surface area contributed by atoms with Gasteiger partial charge < -0.3 is 10.1 Å². The number of nitrogens with zero attached hydrogens (tertiary/aromatic N) is 1. The minimum atomic E-state index is 0.174. The normalized spacial score (nSPS) is 21.2. The minimum absolute atomic E-state index is 0.174. The molecule has 3 nitrogen and oxygen atoms in total. The van der Waals surface area contributed by atoms with E-state index in [0.717, 1.165) is 24.4 Å². The van der Waals surface area contributed by atoms with Crippen LogP contribution in [0.25, 0.3) is 0 Å². The fourth-order valence-corrected chi connectivity index (χ4v) is 3.84. The Morgan fingerprint density at radius 2 is 2.35 bits per heavy atom. The SMILES string of the molecule is CCNC1CCCc2nc(C(CC)OC)sc21. The number of ether oxygens (including phenoxy) is 1. The summed E-state index contributed by atoms with van der Waals surface area (Å²) in [6.45, 7) is 5.34. The molecule has 2 atom stereocenters. The fourth-order valence-electron chi connectivity index (χ4n) is 2.46. The van der Waals surface area contributed by atoms with Gasteiger partial charge in [0.2, 0.25) is 0 Å². The van der Waals surface area contributed by atoms with Gasteiger partial charge in [-0.05, 0) is 32.2 Å². The minimum Gasteiger partial charge on any atom is -0.374 e. The lowest BCUT2D eigenvalue weighted by atomic mass is 9.98. The second-order valence-electron chi connectivity index (χ2n) is 4.50. The van der Waals surface area contributed by atoms with E-state index in [1.165, 1.54) is 23.4 Å². The number of aryl methyl sites for hydroxylation is 1. The molecule has 2 unspecified atom stereocenters. The predicted molar refractivity (Wildman–Crippen MR) is 71.5 cm³/mol. The molecule has 0 fully saturated rings. The lowest BCUT2D eigenvalue weighted by molar-refractivity contribution is 0.0996. The quantitative estimate of drug-likeness (QED) is 0.876. The summed E-state index contributed by atoms with van der Waals surface area (Å²) in [5, 5.41) is 4.72. The molecule has 1 N–H and O–H groups in total. The lowest BCUT2D eigenvalue weighted by Crippen LogP contribution is -2.23. The van der Waals surface area contributed by atoms with Gasteiger partial charge in [-0.25, -0.2) is 4.98 Å². The van der Waals surface area contributed by atoms with Gasteiger partial charge in [-0.1, -0.05) is 13.8 Å². The van der Waals surface area contributed by atoms with Gasteiger partial charge in [0.15, 0.2) is 0 Å². The molecule has 1 heterocycles. The van der Waals surface area contributed by atoms with E-state index in [1.54, 1.807) is 7.11 Å². The molecule has 0 aliphatic heterocycles. The zero-order valence-corrected chi connectivity index (χ0v) is 11.8. The molecule has 17 heavy (non-hydrogen) atoms. The van der Waals surface area contributed by atoms with Crippen LogP contribution in [0.3, 0.4) is 0 Å². The van der Waals surface area contributed by atoms with Crippen LogP contribution in [-0.2, 0) is 11.2 Å². The Balaban J connectivity index is 2.23. The van der Waals surface area contributed by atoms with Crippen molar-refractivity contribution in [3.05, 3.63) is 15.6 Å². The molecule has 2 rings (SSSR count). The molecular formula is C13H22N2OS. The van der Waals surface area contributed by atoms with Crippen LogP contribution >= 0.6 is 11.3 Å². The van der Waals surface area contributed by atoms with Crippen molar-refractivity contribution in [2.75, 3.05) is 13.7 Å². The molecular weight excluding hydrogens is 232 g/mol. The molecule has 0 aromatic carbocycles. The van der Waals surface area contributed by atoms with Gasteiger partial charge in [0.1, 0.15) is 11.1 Å². The van der Waals surface area contributed by atoms with Gasteiger partial charge in [-0.3, -0.25) is 0 Å². The van der Waals surface area contributed by atoms with E-state index in [9.17, 15) is 0 Å². The van der Waals surface area contributed by atoms with Crippen LogP contribution in [0.15, 0.2) is 0 Å². The highest BCUT2D eigenvalue weighted by atomic mass is 32.1. The van der Waals surface area contributed by atoms with Crippen LogP contribution in [-0.4, -0.2) is 18.6 Å². The van der Waals surface area contributed by atoms with E-state index in [2.05, 4.69) is 19.2 Å². The number of aromatic nitrogens is 1. The fraction of sp³-hybridized carbons (Fsp3) is 0.769. The molecule has 96 valence electrons. The molecule has 0 bridgehead atoms. The smallest absolute Gasteiger partial charge is 0.122 e. The van der Waals surface area contributed by atoms with Crippen LogP contribution in [0, 0.1) is 0 Å². The number of hydrogen-bond donors (Lipinski definition) is 1. The maximum Gasteiger partial charge on any atom is 0.122 e. The zero-order valence-electron chi connectivity index (χ0n) is 11.0. The first-order chi connectivity index (χ1) is 8.30. The first kappa shape index (κ1) is 13.0. The first-order valence-corrected chi connectivity index (χ1v) is 7.37. The number of thiazole rings is 1. The van der Waals surface area contributed by atoms with Crippen molar-refractivity contribution in [2.24, 2.45) is 0 Å². The summed E-state index contributed by atoms with van der Waals surface area (Å²) in [4.78, 5) is 6.23. The summed E-state index contributed by atoms with van der Waals surface area (Å²) in [5.74, 6) is 0. The van der Waals surface area contributed by atoms with Gasteiger partial charge in [-0.15, -0.1) is 11.3 Å². The molecule has 0 amide bonds. The van der Waals surface area contributed by atoms with Crippen molar-refractivity contribution in [2.45, 2.75) is 51.7 Å². The van der Waals surface area contributed by atoms with E-state index in [-0.39, 0.29) is 6.10 Å². The summed E-state index contributed by atoms with van der Waals surface area (Å²) in [6, 6.07) is 0.518. The Morgan fingerprint density at radius 1 is 1.53 bits per heavy atom. The molecule has 0 spiro atoms. The second kappa shape index (κ2) is 5.94. The molecule has 0 saturated heterocycles. The number of nitrogens with one attached hydrogen (secondary N) is 1. The Labute approximate surface area is 108 Å². The number of hydrogen-bond acceptors (Lipinski definition) is 4. The number of methoxy groups -OCH3 is 1. The van der Waals surface area contributed by atoms with E-state index < -0.39 is 0 Å². The van der Waals surface area contributed by atoms with E-state index in [0.29, 0.717) is 6.04 Å². The lowest BCUT2D eigenvalue weighted by Gasteiger charge is -2.21. The van der Waals surface area contributed by atoms with Crippen LogP contribution in [0.2, 0.25) is 0 Å². The zero-order chi connectivity index (χ0) is 12.3. The van der Waals surface area contributed by atoms with Gasteiger partial charge in [0.05, 0.1) is 5.69 Å². The van der Waals surface area contributed by atoms with Gasteiger partial charge in [0, 0.05) is 18.0 Å². The monoisotopic (exact) mass is 254 g/mol. The third-order valence-corrected chi connectivity index (χ3v) is 4.65. The topological polar surface area (TPSA) is 34.2 Å². The van der Waals surface area contributed by atoms with E-state index in [4.69, 9.17) is 9.72 Å². The largest absolute Gasteiger partial charge is 0.374 e. The van der Waals surface area contributed by atoms with Crippen LogP contribution in [0.5, 0.6) is 0 Å².